The van der Waals surface area contributed by atoms with Crippen LogP contribution < -0.4 is 0 Å². The molecule has 0 amide bonds. The van der Waals surface area contributed by atoms with Crippen molar-refractivity contribution in [2.45, 2.75) is 25.9 Å². The minimum Gasteiger partial charge on any atom is -0.476 e. The van der Waals surface area contributed by atoms with Crippen LogP contribution in [-0.4, -0.2) is 44.1 Å². The number of benzene rings is 1. The van der Waals surface area contributed by atoms with E-state index in [1.807, 2.05) is 0 Å². The Bertz CT molecular complexity index is 629. The lowest BCUT2D eigenvalue weighted by molar-refractivity contribution is 0.0690. The molecule has 2 heterocycles. The molecule has 0 aliphatic carbocycles. The first kappa shape index (κ1) is 13.8. The number of aryl methyl sites for hydroxylation is 1. The van der Waals surface area contributed by atoms with E-state index in [4.69, 9.17) is 5.11 Å². The molecule has 1 aliphatic rings. The van der Waals surface area contributed by atoms with Gasteiger partial charge in [-0.3, -0.25) is 4.90 Å². The first-order valence-electron chi connectivity index (χ1n) is 7.11. The van der Waals surface area contributed by atoms with E-state index in [0.717, 1.165) is 26.1 Å². The van der Waals surface area contributed by atoms with E-state index in [1.165, 1.54) is 17.3 Å². The van der Waals surface area contributed by atoms with Crippen molar-refractivity contribution in [3.8, 4) is 0 Å². The van der Waals surface area contributed by atoms with Crippen LogP contribution in [-0.2, 0) is 13.0 Å². The average molecular weight is 286 g/mol. The molecule has 110 valence electrons. The molecule has 0 radical (unpaired) electrons. The molecule has 0 atom stereocenters. The Labute approximate surface area is 123 Å². The van der Waals surface area contributed by atoms with Crippen LogP contribution in [0.15, 0.2) is 30.5 Å². The van der Waals surface area contributed by atoms with Crippen LogP contribution in [0.2, 0.25) is 0 Å². The van der Waals surface area contributed by atoms with Gasteiger partial charge in [0.05, 0.1) is 12.2 Å². The molecular formula is C15H18N4O2. The summed E-state index contributed by atoms with van der Waals surface area (Å²) in [5.74, 6) is -1.03. The first-order valence-corrected chi connectivity index (χ1v) is 7.11. The maximum atomic E-state index is 10.8. The summed E-state index contributed by atoms with van der Waals surface area (Å²) >= 11 is 0. The minimum absolute atomic E-state index is 0.00334. The third kappa shape index (κ3) is 2.95. The molecule has 6 nitrogen and oxygen atoms in total. The number of rotatable bonds is 5. The number of likely N-dealkylation sites (tertiary alicyclic amines) is 1. The molecule has 0 bridgehead atoms. The fraction of sp³-hybridized carbons (Fsp3) is 0.400. The van der Waals surface area contributed by atoms with E-state index in [2.05, 4.69) is 46.4 Å². The summed E-state index contributed by atoms with van der Waals surface area (Å²) in [5, 5.41) is 16.4. The molecule has 6 heteroatoms. The molecule has 1 aromatic carbocycles. The summed E-state index contributed by atoms with van der Waals surface area (Å²) in [5.41, 5.74) is 2.66. The molecule has 0 spiro atoms. The van der Waals surface area contributed by atoms with Crippen LogP contribution in [0.1, 0.15) is 34.6 Å². The Morgan fingerprint density at radius 3 is 2.52 bits per heavy atom. The third-order valence-corrected chi connectivity index (χ3v) is 3.88. The second kappa shape index (κ2) is 5.65. The van der Waals surface area contributed by atoms with Crippen molar-refractivity contribution in [2.75, 3.05) is 13.1 Å². The average Bonchev–Trinajstić information content (AvgIpc) is 2.92. The van der Waals surface area contributed by atoms with Crippen molar-refractivity contribution in [3.63, 3.8) is 0 Å². The summed E-state index contributed by atoms with van der Waals surface area (Å²) in [6, 6.07) is 8.90. The summed E-state index contributed by atoms with van der Waals surface area (Å²) in [7, 11) is 0. The standard InChI is InChI=1S/C15H18N4O2/c1-2-11-3-5-12(6-4-11)7-18-8-13(9-18)19-10-14(15(20)21)16-17-19/h3-6,10,13H,2,7-9H2,1H3,(H,20,21). The van der Waals surface area contributed by atoms with Crippen LogP contribution in [0.5, 0.6) is 0 Å². The highest BCUT2D eigenvalue weighted by atomic mass is 16.4. The van der Waals surface area contributed by atoms with Gasteiger partial charge in [-0.05, 0) is 17.5 Å². The van der Waals surface area contributed by atoms with Crippen LogP contribution >= 0.6 is 0 Å². The zero-order valence-electron chi connectivity index (χ0n) is 11.9. The van der Waals surface area contributed by atoms with E-state index < -0.39 is 5.97 Å². The van der Waals surface area contributed by atoms with Crippen molar-refractivity contribution in [1.29, 1.82) is 0 Å². The van der Waals surface area contributed by atoms with Gasteiger partial charge in [-0.15, -0.1) is 5.10 Å². The van der Waals surface area contributed by atoms with E-state index in [-0.39, 0.29) is 11.7 Å². The molecule has 1 aromatic heterocycles. The first-order chi connectivity index (χ1) is 10.2. The SMILES string of the molecule is CCc1ccc(CN2CC(n3cc(C(=O)O)nn3)C2)cc1. The van der Waals surface area contributed by atoms with Crippen molar-refractivity contribution in [2.24, 2.45) is 0 Å². The molecule has 2 aromatic rings. The monoisotopic (exact) mass is 286 g/mol. The van der Waals surface area contributed by atoms with Gasteiger partial charge in [0.2, 0.25) is 0 Å². The van der Waals surface area contributed by atoms with Gasteiger partial charge in [0.1, 0.15) is 0 Å². The lowest BCUT2D eigenvalue weighted by atomic mass is 10.1. The van der Waals surface area contributed by atoms with Crippen molar-refractivity contribution in [3.05, 3.63) is 47.3 Å². The predicted octanol–water partition coefficient (Wildman–Crippen LogP) is 1.60. The summed E-state index contributed by atoms with van der Waals surface area (Å²) in [4.78, 5) is 13.1. The normalized spacial score (nSPS) is 15.9. The molecule has 1 aliphatic heterocycles. The number of aromatic carboxylic acids is 1. The largest absolute Gasteiger partial charge is 0.476 e. The highest BCUT2D eigenvalue weighted by molar-refractivity contribution is 5.84. The van der Waals surface area contributed by atoms with Gasteiger partial charge in [-0.1, -0.05) is 36.4 Å². The van der Waals surface area contributed by atoms with E-state index in [0.29, 0.717) is 0 Å². The Morgan fingerprint density at radius 1 is 1.29 bits per heavy atom. The fourth-order valence-corrected chi connectivity index (χ4v) is 2.53. The van der Waals surface area contributed by atoms with Gasteiger partial charge in [0.15, 0.2) is 5.69 Å². The van der Waals surface area contributed by atoms with Gasteiger partial charge in [0, 0.05) is 19.6 Å². The van der Waals surface area contributed by atoms with E-state index in [1.54, 1.807) is 4.68 Å². The van der Waals surface area contributed by atoms with E-state index >= 15 is 0 Å². The number of aromatic nitrogens is 3. The maximum absolute atomic E-state index is 10.8. The highest BCUT2D eigenvalue weighted by Gasteiger charge is 2.29. The summed E-state index contributed by atoms with van der Waals surface area (Å²) in [6.07, 6.45) is 2.56. The predicted molar refractivity (Wildman–Crippen MR) is 77.1 cm³/mol. The molecule has 1 saturated heterocycles. The van der Waals surface area contributed by atoms with Gasteiger partial charge in [-0.25, -0.2) is 9.48 Å². The minimum atomic E-state index is -1.03. The quantitative estimate of drug-likeness (QED) is 0.904. The Kier molecular flexibility index (Phi) is 3.70. The zero-order chi connectivity index (χ0) is 14.8. The summed E-state index contributed by atoms with van der Waals surface area (Å²) < 4.78 is 1.65. The third-order valence-electron chi connectivity index (χ3n) is 3.88. The fourth-order valence-electron chi connectivity index (χ4n) is 2.53. The highest BCUT2D eigenvalue weighted by Crippen LogP contribution is 2.22. The van der Waals surface area contributed by atoms with Crippen LogP contribution in [0, 0.1) is 0 Å². The molecule has 3 rings (SSSR count). The van der Waals surface area contributed by atoms with Crippen LogP contribution in [0.25, 0.3) is 0 Å². The van der Waals surface area contributed by atoms with E-state index in [9.17, 15) is 4.79 Å². The topological polar surface area (TPSA) is 71.2 Å². The lowest BCUT2D eigenvalue weighted by Gasteiger charge is -2.38. The van der Waals surface area contributed by atoms with Gasteiger partial charge < -0.3 is 5.11 Å². The number of carboxylic acids is 1. The van der Waals surface area contributed by atoms with Crippen molar-refractivity contribution < 1.29 is 9.90 Å². The molecular weight excluding hydrogens is 268 g/mol. The Balaban J connectivity index is 1.53. The molecule has 0 unspecified atom stereocenters. The maximum Gasteiger partial charge on any atom is 0.358 e. The van der Waals surface area contributed by atoms with Crippen molar-refractivity contribution >= 4 is 5.97 Å². The van der Waals surface area contributed by atoms with Crippen LogP contribution in [0.3, 0.4) is 0 Å². The second-order valence-electron chi connectivity index (χ2n) is 5.41. The second-order valence-corrected chi connectivity index (χ2v) is 5.41. The number of hydrogen-bond donors (Lipinski definition) is 1. The molecule has 1 N–H and O–H groups in total. The molecule has 0 saturated carbocycles. The molecule has 21 heavy (non-hydrogen) atoms. The zero-order valence-corrected chi connectivity index (χ0v) is 11.9. The number of carboxylic acid groups (broad SMARTS) is 1. The lowest BCUT2D eigenvalue weighted by Crippen LogP contribution is -2.47. The van der Waals surface area contributed by atoms with Gasteiger partial charge in [0.25, 0.3) is 0 Å². The van der Waals surface area contributed by atoms with Crippen LogP contribution in [0.4, 0.5) is 0 Å². The number of carbonyl (C=O) groups is 1. The van der Waals surface area contributed by atoms with Gasteiger partial charge >= 0.3 is 5.97 Å². The Morgan fingerprint density at radius 2 is 1.95 bits per heavy atom. The molecule has 1 fully saturated rings. The van der Waals surface area contributed by atoms with Crippen molar-refractivity contribution in [1.82, 2.24) is 19.9 Å². The van der Waals surface area contributed by atoms with Gasteiger partial charge in [-0.2, -0.15) is 0 Å². The summed E-state index contributed by atoms with van der Waals surface area (Å²) in [6.45, 7) is 4.81. The number of hydrogen-bond acceptors (Lipinski definition) is 4. The Hall–Kier alpha value is -2.21. The number of nitrogens with zero attached hydrogens (tertiary/aromatic N) is 4. The smallest absolute Gasteiger partial charge is 0.358 e.